The van der Waals surface area contributed by atoms with Gasteiger partial charge in [0.1, 0.15) is 12.1 Å². The molecule has 0 aliphatic carbocycles. The number of pyridine rings is 1. The predicted octanol–water partition coefficient (Wildman–Crippen LogP) is 7.44. The lowest BCUT2D eigenvalue weighted by molar-refractivity contribution is -0.160. The van der Waals surface area contributed by atoms with Crippen molar-refractivity contribution in [2.24, 2.45) is 5.41 Å². The lowest BCUT2D eigenvalue weighted by atomic mass is 9.81. The Morgan fingerprint density at radius 3 is 2.40 bits per heavy atom. The maximum Gasteiger partial charge on any atom is 0.337 e. The Labute approximate surface area is 266 Å². The van der Waals surface area contributed by atoms with E-state index >= 15 is 0 Å². The molecule has 1 fully saturated rings. The molecule has 0 amide bonds. The monoisotopic (exact) mass is 607 g/mol. The summed E-state index contributed by atoms with van der Waals surface area (Å²) in [5.41, 5.74) is 8.43. The van der Waals surface area contributed by atoms with E-state index in [4.69, 9.17) is 9.72 Å². The van der Waals surface area contributed by atoms with E-state index in [9.17, 15) is 9.90 Å². The molecule has 4 heterocycles. The average molecular weight is 608 g/mol. The first-order valence-corrected chi connectivity index (χ1v) is 16.0. The molecule has 1 N–H and O–H groups in total. The molecule has 1 atom stereocenters. The summed E-state index contributed by atoms with van der Waals surface area (Å²) >= 11 is 0. The summed E-state index contributed by atoms with van der Waals surface area (Å²) in [6.45, 7) is 17.6. The van der Waals surface area contributed by atoms with Crippen molar-refractivity contribution >= 4 is 28.4 Å². The van der Waals surface area contributed by atoms with Crippen LogP contribution in [0.4, 0.5) is 11.5 Å². The zero-order valence-electron chi connectivity index (χ0n) is 27.6. The normalized spacial score (nSPS) is 17.3. The van der Waals surface area contributed by atoms with Gasteiger partial charge in [-0.3, -0.25) is 4.98 Å². The van der Waals surface area contributed by atoms with E-state index in [1.807, 2.05) is 52.8 Å². The number of piperidine rings is 1. The number of aromatic nitrogens is 3. The smallest absolute Gasteiger partial charge is 0.337 e. The summed E-state index contributed by atoms with van der Waals surface area (Å²) < 4.78 is 6.26. The third-order valence-corrected chi connectivity index (χ3v) is 9.30. The minimum absolute atomic E-state index is 0.245. The molecule has 0 spiro atoms. The predicted molar refractivity (Wildman–Crippen MR) is 180 cm³/mol. The van der Waals surface area contributed by atoms with Gasteiger partial charge < -0.3 is 19.6 Å². The van der Waals surface area contributed by atoms with Crippen LogP contribution in [-0.4, -0.2) is 51.3 Å². The zero-order chi connectivity index (χ0) is 32.1. The number of carboxylic acid groups (broad SMARTS) is 1. The number of para-hydroxylation sites is 1. The number of anilines is 2. The van der Waals surface area contributed by atoms with Crippen molar-refractivity contribution in [3.8, 4) is 11.1 Å². The number of hydrogen-bond acceptors (Lipinski definition) is 7. The van der Waals surface area contributed by atoms with Gasteiger partial charge in [0.25, 0.3) is 0 Å². The fourth-order valence-corrected chi connectivity index (χ4v) is 6.89. The van der Waals surface area contributed by atoms with E-state index < -0.39 is 17.7 Å². The van der Waals surface area contributed by atoms with Crippen LogP contribution in [0.15, 0.2) is 48.8 Å². The number of aliphatic carboxylic acids is 1. The Hall–Kier alpha value is -4.04. The number of hydrogen-bond donors (Lipinski definition) is 1. The van der Waals surface area contributed by atoms with E-state index in [1.54, 1.807) is 6.33 Å². The molecule has 2 aromatic carbocycles. The largest absolute Gasteiger partial charge is 0.479 e. The molecule has 0 unspecified atom stereocenters. The maximum absolute atomic E-state index is 12.8. The molecular formula is C37H45N5O3. The Balaban J connectivity index is 1.44. The van der Waals surface area contributed by atoms with Gasteiger partial charge in [-0.15, -0.1) is 0 Å². The molecule has 2 aliphatic heterocycles. The molecule has 1 saturated heterocycles. The van der Waals surface area contributed by atoms with Crippen LogP contribution in [0, 0.1) is 19.3 Å². The van der Waals surface area contributed by atoms with Crippen molar-refractivity contribution in [2.75, 3.05) is 29.4 Å². The van der Waals surface area contributed by atoms with Crippen LogP contribution in [-0.2, 0) is 22.5 Å². The van der Waals surface area contributed by atoms with Crippen molar-refractivity contribution in [1.29, 1.82) is 0 Å². The fraction of sp³-hybridized carbons (Fsp3) is 0.459. The summed E-state index contributed by atoms with van der Waals surface area (Å²) in [7, 11) is 0. The van der Waals surface area contributed by atoms with Crippen molar-refractivity contribution in [3.63, 3.8) is 0 Å². The fourth-order valence-electron chi connectivity index (χ4n) is 6.89. The number of carbonyl (C=O) groups is 1. The third-order valence-electron chi connectivity index (χ3n) is 9.30. The van der Waals surface area contributed by atoms with E-state index in [-0.39, 0.29) is 5.41 Å². The SMILES string of the molecule is Cc1nc(C)c([C@H](OC(C)(C)C)C(=O)O)c(N2CCC(C)(C)CC2)c1-c1ccc2c(c1)CCN(c1ncnc3ccccc13)C2. The van der Waals surface area contributed by atoms with Crippen LogP contribution in [0.2, 0.25) is 0 Å². The molecule has 8 nitrogen and oxygen atoms in total. The third kappa shape index (κ3) is 6.25. The van der Waals surface area contributed by atoms with Gasteiger partial charge in [-0.2, -0.15) is 0 Å². The van der Waals surface area contributed by atoms with Gasteiger partial charge in [0.2, 0.25) is 0 Å². The second kappa shape index (κ2) is 11.7. The van der Waals surface area contributed by atoms with Crippen LogP contribution in [0.3, 0.4) is 0 Å². The minimum atomic E-state index is -1.13. The Morgan fingerprint density at radius 1 is 0.956 bits per heavy atom. The second-order valence-corrected chi connectivity index (χ2v) is 14.4. The van der Waals surface area contributed by atoms with Gasteiger partial charge in [0, 0.05) is 54.1 Å². The number of nitrogens with zero attached hydrogens (tertiary/aromatic N) is 5. The molecule has 45 heavy (non-hydrogen) atoms. The van der Waals surface area contributed by atoms with E-state index in [0.717, 1.165) is 84.7 Å². The highest BCUT2D eigenvalue weighted by Gasteiger charge is 2.36. The quantitative estimate of drug-likeness (QED) is 0.242. The topological polar surface area (TPSA) is 91.7 Å². The number of carboxylic acids is 1. The highest BCUT2D eigenvalue weighted by molar-refractivity contribution is 5.90. The standard InChI is InChI=1S/C37H45N5O3/c1-23-30(26-12-13-27-21-42(17-14-25(27)20-26)34-28-10-8-9-11-29(28)38-22-39-34)32(41-18-15-37(6,7)16-19-41)31(24(2)40-23)33(35(43)44)45-36(3,4)5/h8-13,20,22,33H,14-19,21H2,1-7H3,(H,43,44)/t33-/m0/s1. The summed E-state index contributed by atoms with van der Waals surface area (Å²) in [5.74, 6) is -0.0292. The Bertz CT molecular complexity index is 1740. The number of aryl methyl sites for hydroxylation is 2. The first kappa shape index (κ1) is 31.0. The summed E-state index contributed by atoms with van der Waals surface area (Å²) in [4.78, 5) is 31.7. The van der Waals surface area contributed by atoms with Crippen molar-refractivity contribution in [3.05, 3.63) is 76.9 Å². The lowest BCUT2D eigenvalue weighted by Gasteiger charge is -2.41. The number of benzene rings is 2. The molecule has 0 bridgehead atoms. The van der Waals surface area contributed by atoms with Crippen LogP contribution < -0.4 is 9.80 Å². The van der Waals surface area contributed by atoms with Gasteiger partial charge in [0.15, 0.2) is 6.10 Å². The van der Waals surface area contributed by atoms with Crippen molar-refractivity contribution < 1.29 is 14.6 Å². The second-order valence-electron chi connectivity index (χ2n) is 14.4. The molecule has 2 aliphatic rings. The first-order chi connectivity index (χ1) is 21.3. The minimum Gasteiger partial charge on any atom is -0.479 e. The molecular weight excluding hydrogens is 562 g/mol. The van der Waals surface area contributed by atoms with Crippen LogP contribution in [0.5, 0.6) is 0 Å². The molecule has 0 radical (unpaired) electrons. The first-order valence-electron chi connectivity index (χ1n) is 16.0. The Morgan fingerprint density at radius 2 is 1.69 bits per heavy atom. The molecule has 2 aromatic heterocycles. The van der Waals surface area contributed by atoms with Crippen molar-refractivity contribution in [2.45, 2.75) is 86.0 Å². The summed E-state index contributed by atoms with van der Waals surface area (Å²) in [5, 5.41) is 11.6. The highest BCUT2D eigenvalue weighted by Crippen LogP contribution is 2.45. The molecule has 0 saturated carbocycles. The number of fused-ring (bicyclic) bond motifs is 2. The average Bonchev–Trinajstić information content (AvgIpc) is 2.98. The molecule has 6 rings (SSSR count). The van der Waals surface area contributed by atoms with Crippen LogP contribution >= 0.6 is 0 Å². The summed E-state index contributed by atoms with van der Waals surface area (Å²) in [6.07, 6.45) is 3.46. The number of rotatable bonds is 6. The van der Waals surface area contributed by atoms with Gasteiger partial charge >= 0.3 is 5.97 Å². The maximum atomic E-state index is 12.8. The van der Waals surface area contributed by atoms with Gasteiger partial charge in [-0.1, -0.05) is 44.2 Å². The molecule has 8 heteroatoms. The summed E-state index contributed by atoms with van der Waals surface area (Å²) in [6, 6.07) is 14.9. The zero-order valence-corrected chi connectivity index (χ0v) is 27.6. The lowest BCUT2D eigenvalue weighted by Crippen LogP contribution is -2.39. The van der Waals surface area contributed by atoms with Crippen LogP contribution in [0.1, 0.15) is 81.6 Å². The van der Waals surface area contributed by atoms with Gasteiger partial charge in [0.05, 0.1) is 16.8 Å². The van der Waals surface area contributed by atoms with Crippen LogP contribution in [0.25, 0.3) is 22.0 Å². The van der Waals surface area contributed by atoms with Gasteiger partial charge in [-0.25, -0.2) is 14.8 Å². The van der Waals surface area contributed by atoms with Crippen molar-refractivity contribution in [1.82, 2.24) is 15.0 Å². The van der Waals surface area contributed by atoms with E-state index in [2.05, 4.69) is 57.9 Å². The highest BCUT2D eigenvalue weighted by atomic mass is 16.5. The Kier molecular flexibility index (Phi) is 8.06. The van der Waals surface area contributed by atoms with Gasteiger partial charge in [-0.05, 0) is 88.1 Å². The number of ether oxygens (including phenoxy) is 1. The van der Waals surface area contributed by atoms with E-state index in [1.165, 1.54) is 11.1 Å². The van der Waals surface area contributed by atoms with E-state index in [0.29, 0.717) is 11.3 Å². The molecule has 236 valence electrons. The molecule has 4 aromatic rings.